The predicted octanol–water partition coefficient (Wildman–Crippen LogP) is 5.01. The fourth-order valence-electron chi connectivity index (χ4n) is 3.98. The van der Waals surface area contributed by atoms with Crippen LogP contribution in [0.5, 0.6) is 0 Å². The standard InChI is InChI=1S/C25H26N2O4S/c1-17-15-23(17)24-14-13-21(31-24)16-27(20-11-12-20)25(28)18-7-9-19(10-8-18)26-32(29,30)22-5-3-2-4-6-22/h2-10,13-14,17,20,23,26H,11-12,15-16H2,1H3. The third-order valence-corrected chi connectivity index (χ3v) is 7.57. The van der Waals surface area contributed by atoms with Crippen molar-refractivity contribution in [2.24, 2.45) is 5.92 Å². The molecule has 0 saturated heterocycles. The van der Waals surface area contributed by atoms with Gasteiger partial charge in [-0.1, -0.05) is 25.1 Å². The highest BCUT2D eigenvalue weighted by Gasteiger charge is 2.37. The van der Waals surface area contributed by atoms with Crippen LogP contribution in [0.2, 0.25) is 0 Å². The minimum absolute atomic E-state index is 0.0669. The fraction of sp³-hybridized carbons (Fsp3) is 0.320. The molecule has 2 saturated carbocycles. The van der Waals surface area contributed by atoms with Crippen molar-refractivity contribution in [3.05, 3.63) is 83.8 Å². The first-order valence-electron chi connectivity index (χ1n) is 11.0. The number of hydrogen-bond donors (Lipinski definition) is 1. The van der Waals surface area contributed by atoms with Crippen LogP contribution < -0.4 is 4.72 Å². The molecule has 1 amide bonds. The Labute approximate surface area is 188 Å². The van der Waals surface area contributed by atoms with E-state index >= 15 is 0 Å². The maximum absolute atomic E-state index is 13.2. The number of anilines is 1. The molecule has 2 atom stereocenters. The maximum Gasteiger partial charge on any atom is 0.261 e. The van der Waals surface area contributed by atoms with E-state index in [-0.39, 0.29) is 16.8 Å². The second kappa shape index (κ2) is 8.13. The number of benzene rings is 2. The summed E-state index contributed by atoms with van der Waals surface area (Å²) in [6.45, 7) is 2.67. The van der Waals surface area contributed by atoms with Crippen LogP contribution in [0.15, 0.2) is 76.0 Å². The molecule has 1 N–H and O–H groups in total. The molecule has 7 heteroatoms. The van der Waals surface area contributed by atoms with Crippen LogP contribution in [0.4, 0.5) is 5.69 Å². The van der Waals surface area contributed by atoms with Crippen LogP contribution in [0.25, 0.3) is 0 Å². The highest BCUT2D eigenvalue weighted by atomic mass is 32.2. The summed E-state index contributed by atoms with van der Waals surface area (Å²) in [6, 6.07) is 19.0. The van der Waals surface area contributed by atoms with E-state index in [1.807, 2.05) is 17.0 Å². The molecule has 2 aliphatic carbocycles. The first kappa shape index (κ1) is 20.8. The number of nitrogens with zero attached hydrogens (tertiary/aromatic N) is 1. The summed E-state index contributed by atoms with van der Waals surface area (Å²) in [6.07, 6.45) is 3.15. The van der Waals surface area contributed by atoms with Gasteiger partial charge in [0.25, 0.3) is 15.9 Å². The quantitative estimate of drug-likeness (QED) is 0.523. The third kappa shape index (κ3) is 4.43. The summed E-state index contributed by atoms with van der Waals surface area (Å²) in [7, 11) is -3.67. The van der Waals surface area contributed by atoms with Crippen molar-refractivity contribution in [2.45, 2.75) is 49.6 Å². The van der Waals surface area contributed by atoms with Gasteiger partial charge in [-0.15, -0.1) is 0 Å². The van der Waals surface area contributed by atoms with Gasteiger partial charge in [0, 0.05) is 23.2 Å². The van der Waals surface area contributed by atoms with Gasteiger partial charge < -0.3 is 9.32 Å². The SMILES string of the molecule is CC1CC1c1ccc(CN(C(=O)c2ccc(NS(=O)(=O)c3ccccc3)cc2)C2CC2)o1. The van der Waals surface area contributed by atoms with Crippen molar-refractivity contribution < 1.29 is 17.6 Å². The molecule has 2 fully saturated rings. The topological polar surface area (TPSA) is 79.6 Å². The van der Waals surface area contributed by atoms with Gasteiger partial charge in [-0.2, -0.15) is 0 Å². The Balaban J connectivity index is 1.28. The number of nitrogens with one attached hydrogen (secondary N) is 1. The van der Waals surface area contributed by atoms with E-state index in [0.29, 0.717) is 29.6 Å². The Kier molecular flexibility index (Phi) is 5.29. The fourth-order valence-corrected chi connectivity index (χ4v) is 5.06. The Morgan fingerprint density at radius 1 is 1.03 bits per heavy atom. The summed E-state index contributed by atoms with van der Waals surface area (Å²) in [5, 5.41) is 0. The van der Waals surface area contributed by atoms with Gasteiger partial charge in [0.05, 0.1) is 11.4 Å². The van der Waals surface area contributed by atoms with E-state index in [9.17, 15) is 13.2 Å². The molecule has 0 spiro atoms. The number of hydrogen-bond acceptors (Lipinski definition) is 4. The minimum Gasteiger partial charge on any atom is -0.464 e. The normalized spacial score (nSPS) is 20.0. The largest absolute Gasteiger partial charge is 0.464 e. The van der Waals surface area contributed by atoms with Crippen LogP contribution in [-0.4, -0.2) is 25.3 Å². The number of sulfonamides is 1. The molecule has 2 unspecified atom stereocenters. The average molecular weight is 451 g/mol. The lowest BCUT2D eigenvalue weighted by Crippen LogP contribution is -2.32. The monoisotopic (exact) mass is 450 g/mol. The summed E-state index contributed by atoms with van der Waals surface area (Å²) >= 11 is 0. The minimum atomic E-state index is -3.67. The molecule has 1 heterocycles. The summed E-state index contributed by atoms with van der Waals surface area (Å²) in [4.78, 5) is 15.3. The lowest BCUT2D eigenvalue weighted by molar-refractivity contribution is 0.0716. The average Bonchev–Trinajstić information content (AvgIpc) is 3.72. The van der Waals surface area contributed by atoms with Crippen molar-refractivity contribution in [3.8, 4) is 0 Å². The van der Waals surface area contributed by atoms with Crippen molar-refractivity contribution in [1.29, 1.82) is 0 Å². The Bertz CT molecular complexity index is 1210. The highest BCUT2D eigenvalue weighted by Crippen LogP contribution is 2.47. The number of furan rings is 1. The molecule has 0 aliphatic heterocycles. The van der Waals surface area contributed by atoms with Gasteiger partial charge in [-0.3, -0.25) is 9.52 Å². The molecule has 2 aromatic carbocycles. The third-order valence-electron chi connectivity index (χ3n) is 6.17. The molecular formula is C25H26N2O4S. The van der Waals surface area contributed by atoms with Crippen LogP contribution in [0, 0.1) is 5.92 Å². The summed E-state index contributed by atoms with van der Waals surface area (Å²) in [5.41, 5.74) is 0.944. The van der Waals surface area contributed by atoms with E-state index in [2.05, 4.69) is 11.6 Å². The van der Waals surface area contributed by atoms with Crippen LogP contribution in [0.1, 0.15) is 54.0 Å². The highest BCUT2D eigenvalue weighted by molar-refractivity contribution is 7.92. The van der Waals surface area contributed by atoms with E-state index < -0.39 is 10.0 Å². The summed E-state index contributed by atoms with van der Waals surface area (Å²) < 4.78 is 33.6. The summed E-state index contributed by atoms with van der Waals surface area (Å²) in [5.74, 6) is 2.95. The lowest BCUT2D eigenvalue weighted by atomic mass is 10.1. The van der Waals surface area contributed by atoms with Gasteiger partial charge in [0.1, 0.15) is 11.5 Å². The number of carbonyl (C=O) groups is 1. The predicted molar refractivity (Wildman–Crippen MR) is 122 cm³/mol. The van der Waals surface area contributed by atoms with Crippen LogP contribution in [-0.2, 0) is 16.6 Å². The lowest BCUT2D eigenvalue weighted by Gasteiger charge is -2.21. The molecule has 166 valence electrons. The van der Waals surface area contributed by atoms with E-state index in [1.165, 1.54) is 18.6 Å². The van der Waals surface area contributed by atoms with Crippen molar-refractivity contribution in [3.63, 3.8) is 0 Å². The smallest absolute Gasteiger partial charge is 0.261 e. The second-order valence-corrected chi connectivity index (χ2v) is 10.5. The molecule has 6 nitrogen and oxygen atoms in total. The molecule has 2 aliphatic rings. The number of rotatable bonds is 8. The first-order valence-corrected chi connectivity index (χ1v) is 12.5. The zero-order valence-corrected chi connectivity index (χ0v) is 18.7. The second-order valence-electron chi connectivity index (χ2n) is 8.78. The Hall–Kier alpha value is -3.06. The van der Waals surface area contributed by atoms with Crippen LogP contribution >= 0.6 is 0 Å². The molecular weight excluding hydrogens is 424 g/mol. The van der Waals surface area contributed by atoms with Crippen molar-refractivity contribution >= 4 is 21.6 Å². The van der Waals surface area contributed by atoms with E-state index in [0.717, 1.165) is 24.4 Å². The molecule has 1 aromatic heterocycles. The van der Waals surface area contributed by atoms with Gasteiger partial charge in [0.15, 0.2) is 0 Å². The van der Waals surface area contributed by atoms with Crippen molar-refractivity contribution in [2.75, 3.05) is 4.72 Å². The molecule has 0 bridgehead atoms. The molecule has 0 radical (unpaired) electrons. The van der Waals surface area contributed by atoms with Gasteiger partial charge in [-0.05, 0) is 73.7 Å². The zero-order chi connectivity index (χ0) is 22.3. The zero-order valence-electron chi connectivity index (χ0n) is 17.9. The Morgan fingerprint density at radius 3 is 2.34 bits per heavy atom. The molecule has 3 aromatic rings. The van der Waals surface area contributed by atoms with Gasteiger partial charge >= 0.3 is 0 Å². The van der Waals surface area contributed by atoms with E-state index in [4.69, 9.17) is 4.42 Å². The van der Waals surface area contributed by atoms with Gasteiger partial charge in [0.2, 0.25) is 0 Å². The molecule has 5 rings (SSSR count). The Morgan fingerprint density at radius 2 is 1.72 bits per heavy atom. The van der Waals surface area contributed by atoms with E-state index in [1.54, 1.807) is 42.5 Å². The van der Waals surface area contributed by atoms with Gasteiger partial charge in [-0.25, -0.2) is 8.42 Å². The maximum atomic E-state index is 13.2. The first-order chi connectivity index (χ1) is 15.4. The van der Waals surface area contributed by atoms with Crippen molar-refractivity contribution in [1.82, 2.24) is 4.90 Å². The number of amides is 1. The number of carbonyl (C=O) groups excluding carboxylic acids is 1. The molecule has 32 heavy (non-hydrogen) atoms. The van der Waals surface area contributed by atoms with Crippen LogP contribution in [0.3, 0.4) is 0 Å².